The van der Waals surface area contributed by atoms with Crippen molar-refractivity contribution in [1.82, 2.24) is 0 Å². The van der Waals surface area contributed by atoms with E-state index < -0.39 is 0 Å². The summed E-state index contributed by atoms with van der Waals surface area (Å²) in [7, 11) is 0. The van der Waals surface area contributed by atoms with Crippen molar-refractivity contribution in [2.75, 3.05) is 17.2 Å². The molecule has 0 aliphatic rings. The minimum Gasteiger partial charge on any atom is -0.494 e. The van der Waals surface area contributed by atoms with Crippen LogP contribution in [0.1, 0.15) is 25.3 Å². The molecular weight excluding hydrogens is 304 g/mol. The Morgan fingerprint density at radius 1 is 0.917 bits per heavy atom. The molecule has 0 unspecified atom stereocenters. The van der Waals surface area contributed by atoms with Crippen LogP contribution in [-0.2, 0) is 9.59 Å². The van der Waals surface area contributed by atoms with E-state index in [1.807, 2.05) is 31.2 Å². The molecule has 2 amide bonds. The highest BCUT2D eigenvalue weighted by Crippen LogP contribution is 2.14. The number of hydrogen-bond acceptors (Lipinski definition) is 3. The monoisotopic (exact) mass is 326 g/mol. The van der Waals surface area contributed by atoms with Crippen LogP contribution in [-0.4, -0.2) is 18.4 Å². The standard InChI is InChI=1S/C19H22N2O3/c1-14-5-11-18(12-6-14)24-13-3-4-19(23)21-17-9-7-16(8-10-17)20-15(2)22/h5-12H,3-4,13H2,1-2H3,(H,20,22)(H,21,23). The van der Waals surface area contributed by atoms with Gasteiger partial charge >= 0.3 is 0 Å². The quantitative estimate of drug-likeness (QED) is 0.762. The lowest BCUT2D eigenvalue weighted by Gasteiger charge is -2.08. The molecule has 2 N–H and O–H groups in total. The van der Waals surface area contributed by atoms with Crippen molar-refractivity contribution < 1.29 is 14.3 Å². The average Bonchev–Trinajstić information content (AvgIpc) is 2.55. The molecule has 2 rings (SSSR count). The Morgan fingerprint density at radius 3 is 2.08 bits per heavy atom. The highest BCUT2D eigenvalue weighted by atomic mass is 16.5. The SMILES string of the molecule is CC(=O)Nc1ccc(NC(=O)CCCOc2ccc(C)cc2)cc1. The molecule has 0 radical (unpaired) electrons. The van der Waals surface area contributed by atoms with E-state index in [1.54, 1.807) is 24.3 Å². The van der Waals surface area contributed by atoms with Gasteiger partial charge < -0.3 is 15.4 Å². The molecule has 0 aromatic heterocycles. The Hall–Kier alpha value is -2.82. The number of nitrogens with one attached hydrogen (secondary N) is 2. The second-order valence-corrected chi connectivity index (χ2v) is 5.57. The predicted molar refractivity (Wildman–Crippen MR) is 95.3 cm³/mol. The maximum atomic E-state index is 11.9. The Balaban J connectivity index is 1.69. The van der Waals surface area contributed by atoms with Crippen molar-refractivity contribution in [3.8, 4) is 5.75 Å². The summed E-state index contributed by atoms with van der Waals surface area (Å²) in [6.45, 7) is 3.98. The molecule has 0 saturated heterocycles. The van der Waals surface area contributed by atoms with E-state index in [9.17, 15) is 9.59 Å². The molecule has 24 heavy (non-hydrogen) atoms. The summed E-state index contributed by atoms with van der Waals surface area (Å²) in [6.07, 6.45) is 1.03. The van der Waals surface area contributed by atoms with Gasteiger partial charge in [0.2, 0.25) is 11.8 Å². The van der Waals surface area contributed by atoms with Crippen LogP contribution >= 0.6 is 0 Å². The molecule has 0 atom stereocenters. The molecule has 5 heteroatoms. The highest BCUT2D eigenvalue weighted by molar-refractivity contribution is 5.92. The number of hydrogen-bond donors (Lipinski definition) is 2. The minimum absolute atomic E-state index is 0.0604. The molecular formula is C19H22N2O3. The van der Waals surface area contributed by atoms with E-state index >= 15 is 0 Å². The topological polar surface area (TPSA) is 67.4 Å². The number of amides is 2. The molecule has 0 heterocycles. The van der Waals surface area contributed by atoms with Crippen LogP contribution in [0.25, 0.3) is 0 Å². The zero-order valence-electron chi connectivity index (χ0n) is 14.0. The number of carbonyl (C=O) groups is 2. The van der Waals surface area contributed by atoms with Gasteiger partial charge in [-0.1, -0.05) is 17.7 Å². The summed E-state index contributed by atoms with van der Waals surface area (Å²) in [5, 5.41) is 5.50. The van der Waals surface area contributed by atoms with E-state index in [-0.39, 0.29) is 11.8 Å². The van der Waals surface area contributed by atoms with Crippen LogP contribution in [0.5, 0.6) is 5.75 Å². The molecule has 0 saturated carbocycles. The summed E-state index contributed by atoms with van der Waals surface area (Å²) in [5.74, 6) is 0.629. The summed E-state index contributed by atoms with van der Waals surface area (Å²) < 4.78 is 5.59. The summed E-state index contributed by atoms with van der Waals surface area (Å²) in [5.41, 5.74) is 2.59. The first-order valence-electron chi connectivity index (χ1n) is 7.90. The maximum Gasteiger partial charge on any atom is 0.224 e. The zero-order chi connectivity index (χ0) is 17.4. The second kappa shape index (κ2) is 8.72. The number of benzene rings is 2. The average molecular weight is 326 g/mol. The first-order chi connectivity index (χ1) is 11.5. The Morgan fingerprint density at radius 2 is 1.50 bits per heavy atom. The van der Waals surface area contributed by atoms with Crippen molar-refractivity contribution in [2.45, 2.75) is 26.7 Å². The van der Waals surface area contributed by atoms with Gasteiger partial charge in [0.15, 0.2) is 0 Å². The third-order valence-electron chi connectivity index (χ3n) is 3.33. The molecule has 0 spiro atoms. The second-order valence-electron chi connectivity index (χ2n) is 5.57. The van der Waals surface area contributed by atoms with Gasteiger partial charge in [-0.25, -0.2) is 0 Å². The fourth-order valence-electron chi connectivity index (χ4n) is 2.12. The molecule has 2 aromatic rings. The van der Waals surface area contributed by atoms with E-state index in [0.29, 0.717) is 30.8 Å². The Kier molecular flexibility index (Phi) is 6.37. The molecule has 126 valence electrons. The van der Waals surface area contributed by atoms with Gasteiger partial charge in [0, 0.05) is 24.7 Å². The van der Waals surface area contributed by atoms with Gasteiger partial charge in [0.25, 0.3) is 0 Å². The van der Waals surface area contributed by atoms with E-state index in [0.717, 1.165) is 5.75 Å². The summed E-state index contributed by atoms with van der Waals surface area (Å²) in [6, 6.07) is 14.8. The molecule has 0 bridgehead atoms. The van der Waals surface area contributed by atoms with Crippen LogP contribution in [0.15, 0.2) is 48.5 Å². The van der Waals surface area contributed by atoms with E-state index in [1.165, 1.54) is 12.5 Å². The largest absolute Gasteiger partial charge is 0.494 e. The van der Waals surface area contributed by atoms with Crippen LogP contribution < -0.4 is 15.4 Å². The molecule has 2 aromatic carbocycles. The van der Waals surface area contributed by atoms with Gasteiger partial charge in [0.05, 0.1) is 6.61 Å². The smallest absolute Gasteiger partial charge is 0.224 e. The number of ether oxygens (including phenoxy) is 1. The van der Waals surface area contributed by atoms with Crippen molar-refractivity contribution in [1.29, 1.82) is 0 Å². The lowest BCUT2D eigenvalue weighted by molar-refractivity contribution is -0.116. The number of aryl methyl sites for hydroxylation is 1. The molecule has 5 nitrogen and oxygen atoms in total. The predicted octanol–water partition coefficient (Wildman–Crippen LogP) is 3.75. The van der Waals surface area contributed by atoms with Gasteiger partial charge in [-0.15, -0.1) is 0 Å². The van der Waals surface area contributed by atoms with Gasteiger partial charge in [-0.05, 0) is 49.7 Å². The molecule has 0 aliphatic carbocycles. The first kappa shape index (κ1) is 17.5. The molecule has 0 fully saturated rings. The fourth-order valence-corrected chi connectivity index (χ4v) is 2.12. The van der Waals surface area contributed by atoms with Crippen molar-refractivity contribution in [3.05, 3.63) is 54.1 Å². The fraction of sp³-hybridized carbons (Fsp3) is 0.263. The summed E-state index contributed by atoms with van der Waals surface area (Å²) in [4.78, 5) is 22.8. The third-order valence-corrected chi connectivity index (χ3v) is 3.33. The van der Waals surface area contributed by atoms with Crippen LogP contribution in [0, 0.1) is 6.92 Å². The summed E-state index contributed by atoms with van der Waals surface area (Å²) >= 11 is 0. The van der Waals surface area contributed by atoms with Gasteiger partial charge in [-0.3, -0.25) is 9.59 Å². The van der Waals surface area contributed by atoms with E-state index in [2.05, 4.69) is 10.6 Å². The highest BCUT2D eigenvalue weighted by Gasteiger charge is 2.03. The van der Waals surface area contributed by atoms with E-state index in [4.69, 9.17) is 4.74 Å². The number of anilines is 2. The lowest BCUT2D eigenvalue weighted by atomic mass is 10.2. The van der Waals surface area contributed by atoms with Crippen molar-refractivity contribution in [3.63, 3.8) is 0 Å². The third kappa shape index (κ3) is 6.12. The zero-order valence-corrected chi connectivity index (χ0v) is 14.0. The normalized spacial score (nSPS) is 10.1. The van der Waals surface area contributed by atoms with Crippen LogP contribution in [0.3, 0.4) is 0 Å². The van der Waals surface area contributed by atoms with Gasteiger partial charge in [-0.2, -0.15) is 0 Å². The van der Waals surface area contributed by atoms with Crippen LogP contribution in [0.2, 0.25) is 0 Å². The van der Waals surface area contributed by atoms with Crippen molar-refractivity contribution in [2.24, 2.45) is 0 Å². The number of rotatable bonds is 7. The minimum atomic E-state index is -0.125. The lowest BCUT2D eigenvalue weighted by Crippen LogP contribution is -2.13. The molecule has 0 aliphatic heterocycles. The number of carbonyl (C=O) groups excluding carboxylic acids is 2. The van der Waals surface area contributed by atoms with Crippen LogP contribution in [0.4, 0.5) is 11.4 Å². The first-order valence-corrected chi connectivity index (χ1v) is 7.90. The Labute approximate surface area is 142 Å². The van der Waals surface area contributed by atoms with Crippen molar-refractivity contribution >= 4 is 23.2 Å². The van der Waals surface area contributed by atoms with Gasteiger partial charge in [0.1, 0.15) is 5.75 Å². The maximum absolute atomic E-state index is 11.9. The Bertz CT molecular complexity index is 679.